The van der Waals surface area contributed by atoms with Crippen molar-refractivity contribution in [3.05, 3.63) is 29.5 Å². The lowest BCUT2D eigenvalue weighted by Crippen LogP contribution is -2.43. The first-order chi connectivity index (χ1) is 8.62. The van der Waals surface area contributed by atoms with Crippen molar-refractivity contribution in [1.82, 2.24) is 4.98 Å². The van der Waals surface area contributed by atoms with Crippen LogP contribution in [0, 0.1) is 13.8 Å². The molecule has 2 aromatic rings. The van der Waals surface area contributed by atoms with Gasteiger partial charge in [0.1, 0.15) is 5.75 Å². The van der Waals surface area contributed by atoms with Gasteiger partial charge in [-0.2, -0.15) is 0 Å². The fourth-order valence-electron chi connectivity index (χ4n) is 1.95. The van der Waals surface area contributed by atoms with Gasteiger partial charge in [-0.05, 0) is 55.7 Å². The quantitative estimate of drug-likeness (QED) is 0.752. The second-order valence-corrected chi connectivity index (χ2v) is 11.7. The number of aromatic amines is 1. The molecule has 2 nitrogen and oxygen atoms in total. The summed E-state index contributed by atoms with van der Waals surface area (Å²) in [5.74, 6) is 1.00. The van der Waals surface area contributed by atoms with Crippen molar-refractivity contribution >= 4 is 19.2 Å². The van der Waals surface area contributed by atoms with Crippen LogP contribution in [0.4, 0.5) is 0 Å². The van der Waals surface area contributed by atoms with Crippen molar-refractivity contribution in [1.29, 1.82) is 0 Å². The average molecular weight is 275 g/mol. The van der Waals surface area contributed by atoms with Crippen LogP contribution in [-0.4, -0.2) is 13.3 Å². The molecule has 0 amide bonds. The van der Waals surface area contributed by atoms with E-state index in [1.54, 1.807) is 0 Å². The van der Waals surface area contributed by atoms with Crippen molar-refractivity contribution in [3.63, 3.8) is 0 Å². The summed E-state index contributed by atoms with van der Waals surface area (Å²) in [6, 6.07) is 6.38. The van der Waals surface area contributed by atoms with Gasteiger partial charge in [0.25, 0.3) is 0 Å². The number of aromatic nitrogens is 1. The highest BCUT2D eigenvalue weighted by Crippen LogP contribution is 2.38. The molecule has 0 bridgehead atoms. The molecular weight excluding hydrogens is 250 g/mol. The first-order valence-electron chi connectivity index (χ1n) is 6.90. The molecule has 0 saturated carbocycles. The number of rotatable bonds is 2. The molecule has 0 atom stereocenters. The van der Waals surface area contributed by atoms with E-state index in [-0.39, 0.29) is 5.04 Å². The van der Waals surface area contributed by atoms with E-state index in [2.05, 4.69) is 70.9 Å². The number of fused-ring (bicyclic) bond motifs is 1. The van der Waals surface area contributed by atoms with E-state index in [0.29, 0.717) is 0 Å². The Morgan fingerprint density at radius 2 is 1.74 bits per heavy atom. The summed E-state index contributed by atoms with van der Waals surface area (Å²) in [5.41, 5.74) is 3.74. The summed E-state index contributed by atoms with van der Waals surface area (Å²) in [6.07, 6.45) is 0. The zero-order valence-electron chi connectivity index (χ0n) is 13.1. The van der Waals surface area contributed by atoms with Crippen molar-refractivity contribution in [3.8, 4) is 5.75 Å². The molecular formula is C16H25NOSi. The minimum Gasteiger partial charge on any atom is -0.543 e. The van der Waals surface area contributed by atoms with Crippen molar-refractivity contribution in [2.45, 2.75) is 52.8 Å². The van der Waals surface area contributed by atoms with Crippen molar-refractivity contribution in [2.24, 2.45) is 0 Å². The number of H-pyrrole nitrogens is 1. The second kappa shape index (κ2) is 4.41. The van der Waals surface area contributed by atoms with Crippen LogP contribution in [0.25, 0.3) is 10.9 Å². The third-order valence-corrected chi connectivity index (χ3v) is 8.82. The van der Waals surface area contributed by atoms with Gasteiger partial charge in [-0.15, -0.1) is 0 Å². The Kier molecular flexibility index (Phi) is 3.29. The lowest BCUT2D eigenvalue weighted by atomic mass is 10.1. The Labute approximate surface area is 117 Å². The topological polar surface area (TPSA) is 25.0 Å². The Bertz CT molecular complexity index is 605. The van der Waals surface area contributed by atoms with Crippen LogP contribution in [0.3, 0.4) is 0 Å². The largest absolute Gasteiger partial charge is 0.543 e. The third-order valence-electron chi connectivity index (χ3n) is 4.46. The monoisotopic (exact) mass is 275 g/mol. The molecule has 0 unspecified atom stereocenters. The second-order valence-electron chi connectivity index (χ2n) is 6.94. The molecule has 104 valence electrons. The molecule has 1 N–H and O–H groups in total. The van der Waals surface area contributed by atoms with Crippen molar-refractivity contribution < 1.29 is 4.43 Å². The third kappa shape index (κ3) is 2.57. The summed E-state index contributed by atoms with van der Waals surface area (Å²) in [5, 5.41) is 1.50. The van der Waals surface area contributed by atoms with Crippen LogP contribution >= 0.6 is 0 Å². The van der Waals surface area contributed by atoms with Gasteiger partial charge < -0.3 is 9.41 Å². The van der Waals surface area contributed by atoms with E-state index in [1.165, 1.54) is 22.2 Å². The lowest BCUT2D eigenvalue weighted by Gasteiger charge is -2.36. The SMILES string of the molecule is Cc1[nH]c2ccc(O[Si](C)(C)C(C)(C)C)cc2c1C. The average Bonchev–Trinajstić information content (AvgIpc) is 2.54. The predicted octanol–water partition coefficient (Wildman–Crippen LogP) is 5.17. The first-order valence-corrected chi connectivity index (χ1v) is 9.80. The zero-order chi connectivity index (χ0) is 14.4. The molecule has 0 aliphatic carbocycles. The maximum Gasteiger partial charge on any atom is 0.250 e. The number of hydrogen-bond donors (Lipinski definition) is 1. The molecule has 0 spiro atoms. The van der Waals surface area contributed by atoms with Crippen LogP contribution in [0.1, 0.15) is 32.0 Å². The first kappa shape index (κ1) is 14.2. The fraction of sp³-hybridized carbons (Fsp3) is 0.500. The number of hydrogen-bond acceptors (Lipinski definition) is 1. The van der Waals surface area contributed by atoms with E-state index in [4.69, 9.17) is 4.43 Å². The highest BCUT2D eigenvalue weighted by atomic mass is 28.4. The molecule has 0 aliphatic rings. The van der Waals surface area contributed by atoms with E-state index in [0.717, 1.165) is 5.75 Å². The van der Waals surface area contributed by atoms with E-state index in [9.17, 15) is 0 Å². The maximum atomic E-state index is 6.36. The molecule has 1 aromatic carbocycles. The number of benzene rings is 1. The highest BCUT2D eigenvalue weighted by Gasteiger charge is 2.38. The van der Waals surface area contributed by atoms with Crippen LogP contribution in [-0.2, 0) is 0 Å². The minimum atomic E-state index is -1.75. The summed E-state index contributed by atoms with van der Waals surface area (Å²) in [4.78, 5) is 3.40. The summed E-state index contributed by atoms with van der Waals surface area (Å²) < 4.78 is 6.36. The van der Waals surface area contributed by atoms with Gasteiger partial charge in [-0.1, -0.05) is 20.8 Å². The van der Waals surface area contributed by atoms with Gasteiger partial charge in [0.05, 0.1) is 0 Å². The molecule has 1 heterocycles. The zero-order valence-corrected chi connectivity index (χ0v) is 14.1. The van der Waals surface area contributed by atoms with Crippen LogP contribution in [0.2, 0.25) is 18.1 Å². The molecule has 2 rings (SSSR count). The van der Waals surface area contributed by atoms with Crippen LogP contribution in [0.5, 0.6) is 5.75 Å². The molecule has 1 aromatic heterocycles. The molecule has 0 radical (unpaired) electrons. The van der Waals surface area contributed by atoms with E-state index in [1.807, 2.05) is 0 Å². The Morgan fingerprint density at radius 3 is 2.32 bits per heavy atom. The summed E-state index contributed by atoms with van der Waals surface area (Å²) >= 11 is 0. The van der Waals surface area contributed by atoms with Gasteiger partial charge in [-0.25, -0.2) is 0 Å². The number of aryl methyl sites for hydroxylation is 2. The lowest BCUT2D eigenvalue weighted by molar-refractivity contribution is 0.493. The van der Waals surface area contributed by atoms with Gasteiger partial charge in [-0.3, -0.25) is 0 Å². The molecule has 0 aliphatic heterocycles. The number of nitrogens with one attached hydrogen (secondary N) is 1. The summed E-state index contributed by atoms with van der Waals surface area (Å²) in [6.45, 7) is 15.6. The highest BCUT2D eigenvalue weighted by molar-refractivity contribution is 6.74. The normalized spacial score (nSPS) is 13.0. The molecule has 3 heteroatoms. The maximum absolute atomic E-state index is 6.36. The standard InChI is InChI=1S/C16H25NOSi/c1-11-12(2)17-15-9-8-13(10-14(11)15)18-19(6,7)16(3,4)5/h8-10,17H,1-7H3. The molecule has 19 heavy (non-hydrogen) atoms. The van der Waals surface area contributed by atoms with E-state index >= 15 is 0 Å². The van der Waals surface area contributed by atoms with E-state index < -0.39 is 8.32 Å². The summed E-state index contributed by atoms with van der Waals surface area (Å²) in [7, 11) is -1.75. The Morgan fingerprint density at radius 1 is 1.11 bits per heavy atom. The van der Waals surface area contributed by atoms with Gasteiger partial charge >= 0.3 is 0 Å². The fourth-order valence-corrected chi connectivity index (χ4v) is 2.97. The van der Waals surface area contributed by atoms with Crippen molar-refractivity contribution in [2.75, 3.05) is 0 Å². The van der Waals surface area contributed by atoms with Crippen LogP contribution in [0.15, 0.2) is 18.2 Å². The van der Waals surface area contributed by atoms with Crippen LogP contribution < -0.4 is 4.43 Å². The smallest absolute Gasteiger partial charge is 0.250 e. The Hall–Kier alpha value is -1.22. The predicted molar refractivity (Wildman–Crippen MR) is 85.6 cm³/mol. The van der Waals surface area contributed by atoms with Gasteiger partial charge in [0.15, 0.2) is 0 Å². The van der Waals surface area contributed by atoms with Gasteiger partial charge in [0.2, 0.25) is 8.32 Å². The molecule has 0 saturated heterocycles. The minimum absolute atomic E-state index is 0.227. The molecule has 0 fully saturated rings. The van der Waals surface area contributed by atoms with Gasteiger partial charge in [0, 0.05) is 16.6 Å². The Balaban J connectivity index is 2.39.